The number of aliphatic carboxylic acids is 1. The molecule has 6 heteroatoms. The van der Waals surface area contributed by atoms with Crippen molar-refractivity contribution in [3.63, 3.8) is 0 Å². The lowest BCUT2D eigenvalue weighted by molar-refractivity contribution is -0.140. The van der Waals surface area contributed by atoms with E-state index in [1.54, 1.807) is 0 Å². The molecule has 1 amide bonds. The number of amides is 1. The summed E-state index contributed by atoms with van der Waals surface area (Å²) in [6.07, 6.45) is 0.389. The van der Waals surface area contributed by atoms with Gasteiger partial charge in [0.15, 0.2) is 0 Å². The van der Waals surface area contributed by atoms with Gasteiger partial charge in [0.1, 0.15) is 0 Å². The SMILES string of the molecule is COC(CNC(=O)CCCN)CC(=O)O. The van der Waals surface area contributed by atoms with E-state index < -0.39 is 12.1 Å². The van der Waals surface area contributed by atoms with Gasteiger partial charge in [0, 0.05) is 20.1 Å². The Kier molecular flexibility index (Phi) is 7.57. The summed E-state index contributed by atoms with van der Waals surface area (Å²) in [5.74, 6) is -1.08. The lowest BCUT2D eigenvalue weighted by Crippen LogP contribution is -2.34. The van der Waals surface area contributed by atoms with Crippen molar-refractivity contribution in [1.29, 1.82) is 0 Å². The highest BCUT2D eigenvalue weighted by atomic mass is 16.5. The van der Waals surface area contributed by atoms with Crippen LogP contribution in [0.25, 0.3) is 0 Å². The second kappa shape index (κ2) is 8.19. The number of rotatable bonds is 8. The standard InChI is InChI=1S/C9H18N2O4/c1-15-7(5-9(13)14)6-11-8(12)3-2-4-10/h7H,2-6,10H2,1H3,(H,11,12)(H,13,14). The quantitative estimate of drug-likeness (QED) is 0.501. The molecule has 0 saturated carbocycles. The van der Waals surface area contributed by atoms with Gasteiger partial charge in [-0.05, 0) is 13.0 Å². The van der Waals surface area contributed by atoms with E-state index in [0.29, 0.717) is 19.4 Å². The first kappa shape index (κ1) is 13.9. The first-order chi connectivity index (χ1) is 7.10. The van der Waals surface area contributed by atoms with Gasteiger partial charge in [-0.25, -0.2) is 0 Å². The molecule has 0 heterocycles. The first-order valence-electron chi connectivity index (χ1n) is 4.81. The van der Waals surface area contributed by atoms with Gasteiger partial charge in [-0.3, -0.25) is 9.59 Å². The van der Waals surface area contributed by atoms with Crippen LogP contribution in [0, 0.1) is 0 Å². The Morgan fingerprint density at radius 2 is 2.20 bits per heavy atom. The lowest BCUT2D eigenvalue weighted by atomic mass is 10.2. The van der Waals surface area contributed by atoms with E-state index >= 15 is 0 Å². The Labute approximate surface area is 88.8 Å². The second-order valence-electron chi connectivity index (χ2n) is 3.15. The van der Waals surface area contributed by atoms with Gasteiger partial charge >= 0.3 is 5.97 Å². The number of nitrogens with one attached hydrogen (secondary N) is 1. The Hall–Kier alpha value is -1.14. The van der Waals surface area contributed by atoms with Crippen molar-refractivity contribution >= 4 is 11.9 Å². The summed E-state index contributed by atoms with van der Waals surface area (Å²) < 4.78 is 4.90. The normalized spacial score (nSPS) is 12.1. The molecule has 0 saturated heterocycles. The summed E-state index contributed by atoms with van der Waals surface area (Å²) in [5, 5.41) is 11.1. The minimum absolute atomic E-state index is 0.117. The smallest absolute Gasteiger partial charge is 0.306 e. The monoisotopic (exact) mass is 218 g/mol. The van der Waals surface area contributed by atoms with E-state index in [1.807, 2.05) is 0 Å². The zero-order chi connectivity index (χ0) is 11.7. The molecular formula is C9H18N2O4. The molecular weight excluding hydrogens is 200 g/mol. The fourth-order valence-corrected chi connectivity index (χ4v) is 1.01. The second-order valence-corrected chi connectivity index (χ2v) is 3.15. The number of carbonyl (C=O) groups excluding carboxylic acids is 1. The summed E-state index contributed by atoms with van der Waals surface area (Å²) in [5.41, 5.74) is 5.24. The topological polar surface area (TPSA) is 102 Å². The van der Waals surface area contributed by atoms with E-state index in [4.69, 9.17) is 15.6 Å². The van der Waals surface area contributed by atoms with Gasteiger partial charge < -0.3 is 20.9 Å². The fourth-order valence-electron chi connectivity index (χ4n) is 1.01. The van der Waals surface area contributed by atoms with Gasteiger partial charge in [0.2, 0.25) is 5.91 Å². The van der Waals surface area contributed by atoms with Crippen LogP contribution in [0.3, 0.4) is 0 Å². The van der Waals surface area contributed by atoms with E-state index in [0.717, 1.165) is 0 Å². The maximum absolute atomic E-state index is 11.1. The molecule has 0 aromatic rings. The third kappa shape index (κ3) is 7.90. The summed E-state index contributed by atoms with van der Waals surface area (Å²) in [4.78, 5) is 21.5. The van der Waals surface area contributed by atoms with Crippen molar-refractivity contribution in [2.75, 3.05) is 20.2 Å². The molecule has 1 unspecified atom stereocenters. The van der Waals surface area contributed by atoms with Gasteiger partial charge in [-0.15, -0.1) is 0 Å². The molecule has 6 nitrogen and oxygen atoms in total. The number of nitrogens with two attached hydrogens (primary N) is 1. The van der Waals surface area contributed by atoms with Crippen LogP contribution in [0.1, 0.15) is 19.3 Å². The molecule has 0 spiro atoms. The highest BCUT2D eigenvalue weighted by molar-refractivity contribution is 5.76. The summed E-state index contributed by atoms with van der Waals surface area (Å²) in [6.45, 7) is 0.683. The van der Waals surface area contributed by atoms with Crippen LogP contribution in [0.15, 0.2) is 0 Å². The Morgan fingerprint density at radius 3 is 2.67 bits per heavy atom. The Morgan fingerprint density at radius 1 is 1.53 bits per heavy atom. The molecule has 0 rings (SSSR count). The molecule has 88 valence electrons. The number of hydrogen-bond acceptors (Lipinski definition) is 4. The minimum Gasteiger partial charge on any atom is -0.481 e. The largest absolute Gasteiger partial charge is 0.481 e. The Balaban J connectivity index is 3.69. The molecule has 1 atom stereocenters. The van der Waals surface area contributed by atoms with Crippen molar-refractivity contribution in [1.82, 2.24) is 5.32 Å². The molecule has 0 aliphatic heterocycles. The van der Waals surface area contributed by atoms with E-state index in [1.165, 1.54) is 7.11 Å². The summed E-state index contributed by atoms with van der Waals surface area (Å²) in [7, 11) is 1.42. The van der Waals surface area contributed by atoms with E-state index in [-0.39, 0.29) is 18.9 Å². The van der Waals surface area contributed by atoms with Crippen LogP contribution in [0.2, 0.25) is 0 Å². The number of methoxy groups -OCH3 is 1. The number of carboxylic acids is 1. The average Bonchev–Trinajstić information content (AvgIpc) is 2.20. The maximum atomic E-state index is 11.1. The molecule has 0 aliphatic carbocycles. The average molecular weight is 218 g/mol. The van der Waals surface area contributed by atoms with Crippen LogP contribution < -0.4 is 11.1 Å². The molecule has 0 radical (unpaired) electrons. The third-order valence-electron chi connectivity index (χ3n) is 1.87. The lowest BCUT2D eigenvalue weighted by Gasteiger charge is -2.13. The number of hydrogen-bond donors (Lipinski definition) is 3. The van der Waals surface area contributed by atoms with Crippen molar-refractivity contribution < 1.29 is 19.4 Å². The highest BCUT2D eigenvalue weighted by Crippen LogP contribution is 1.96. The van der Waals surface area contributed by atoms with Gasteiger partial charge in [0.05, 0.1) is 12.5 Å². The van der Waals surface area contributed by atoms with Crippen molar-refractivity contribution in [3.05, 3.63) is 0 Å². The van der Waals surface area contributed by atoms with Crippen LogP contribution >= 0.6 is 0 Å². The van der Waals surface area contributed by atoms with Crippen LogP contribution in [0.4, 0.5) is 0 Å². The molecule has 15 heavy (non-hydrogen) atoms. The first-order valence-corrected chi connectivity index (χ1v) is 4.81. The van der Waals surface area contributed by atoms with Crippen molar-refractivity contribution in [2.24, 2.45) is 5.73 Å². The predicted molar refractivity (Wildman–Crippen MR) is 54.3 cm³/mol. The number of ether oxygens (including phenoxy) is 1. The maximum Gasteiger partial charge on any atom is 0.306 e. The fraction of sp³-hybridized carbons (Fsp3) is 0.778. The Bertz CT molecular complexity index is 208. The van der Waals surface area contributed by atoms with E-state index in [9.17, 15) is 9.59 Å². The van der Waals surface area contributed by atoms with Crippen LogP contribution in [-0.4, -0.2) is 43.3 Å². The molecule has 0 aromatic carbocycles. The molecule has 0 aromatic heterocycles. The summed E-state index contributed by atoms with van der Waals surface area (Å²) >= 11 is 0. The third-order valence-corrected chi connectivity index (χ3v) is 1.87. The van der Waals surface area contributed by atoms with Gasteiger partial charge in [-0.2, -0.15) is 0 Å². The molecule has 0 aliphatic rings. The molecule has 0 bridgehead atoms. The number of carbonyl (C=O) groups is 2. The van der Waals surface area contributed by atoms with Gasteiger partial charge in [-0.1, -0.05) is 0 Å². The van der Waals surface area contributed by atoms with Crippen molar-refractivity contribution in [2.45, 2.75) is 25.4 Å². The van der Waals surface area contributed by atoms with Crippen LogP contribution in [0.5, 0.6) is 0 Å². The zero-order valence-electron chi connectivity index (χ0n) is 8.86. The molecule has 0 fully saturated rings. The minimum atomic E-state index is -0.946. The predicted octanol–water partition coefficient (Wildman–Crippen LogP) is -0.669. The van der Waals surface area contributed by atoms with Gasteiger partial charge in [0.25, 0.3) is 0 Å². The van der Waals surface area contributed by atoms with Crippen molar-refractivity contribution in [3.8, 4) is 0 Å². The summed E-state index contributed by atoms with van der Waals surface area (Å²) in [6, 6.07) is 0. The van der Waals surface area contributed by atoms with Crippen LogP contribution in [-0.2, 0) is 14.3 Å². The van der Waals surface area contributed by atoms with E-state index in [2.05, 4.69) is 5.32 Å². The molecule has 4 N–H and O–H groups in total. The number of carboxylic acid groups (broad SMARTS) is 1. The zero-order valence-corrected chi connectivity index (χ0v) is 8.86. The highest BCUT2D eigenvalue weighted by Gasteiger charge is 2.12.